The van der Waals surface area contributed by atoms with Gasteiger partial charge in [-0.05, 0) is 36.4 Å². The van der Waals surface area contributed by atoms with Gasteiger partial charge in [-0.15, -0.1) is 0 Å². The first kappa shape index (κ1) is 15.8. The number of para-hydroxylation sites is 1. The van der Waals surface area contributed by atoms with Crippen molar-refractivity contribution in [1.29, 1.82) is 0 Å². The van der Waals surface area contributed by atoms with Crippen LogP contribution in [0.25, 0.3) is 0 Å². The van der Waals surface area contributed by atoms with Crippen LogP contribution in [0.1, 0.15) is 0 Å². The van der Waals surface area contributed by atoms with E-state index in [4.69, 9.17) is 13.2 Å². The molecule has 0 aliphatic carbocycles. The van der Waals surface area contributed by atoms with Gasteiger partial charge in [0, 0.05) is 21.4 Å². The third kappa shape index (κ3) is 8.42. The van der Waals surface area contributed by atoms with Crippen LogP contribution < -0.4 is 4.74 Å². The summed E-state index contributed by atoms with van der Waals surface area (Å²) < 4.78 is 36.4. The van der Waals surface area contributed by atoms with E-state index in [1.54, 1.807) is 12.1 Å². The van der Waals surface area contributed by atoms with Crippen LogP contribution in [0.15, 0.2) is 54.6 Å². The highest BCUT2D eigenvalue weighted by molar-refractivity contribution is 8.31. The summed E-state index contributed by atoms with van der Waals surface area (Å²) in [5.41, 5.74) is 0. The lowest BCUT2D eigenvalue weighted by atomic mass is 10.3. The monoisotopic (exact) mass is 322 g/mol. The Morgan fingerprint density at radius 2 is 1.26 bits per heavy atom. The Morgan fingerprint density at radius 1 is 0.842 bits per heavy atom. The van der Waals surface area contributed by atoms with E-state index >= 15 is 0 Å². The van der Waals surface area contributed by atoms with E-state index in [1.807, 2.05) is 30.3 Å². The zero-order valence-electron chi connectivity index (χ0n) is 9.46. The zero-order chi connectivity index (χ0) is 14.3. The second-order valence-corrected chi connectivity index (χ2v) is 6.92. The Hall–Kier alpha value is -1.30. The molecule has 0 unspecified atom stereocenters. The number of halogens is 3. The molecule has 3 nitrogen and oxygen atoms in total. The maximum absolute atomic E-state index is 12.6. The van der Waals surface area contributed by atoms with E-state index < -0.39 is 8.26 Å². The van der Waals surface area contributed by atoms with Crippen molar-refractivity contribution in [3.8, 4) is 11.5 Å². The van der Waals surface area contributed by atoms with Gasteiger partial charge in [-0.3, -0.25) is 0 Å². The smallest absolute Gasteiger partial charge is 0.317 e. The first-order valence-corrected chi connectivity index (χ1v) is 8.11. The maximum Gasteiger partial charge on any atom is 0.317 e. The third-order valence-electron chi connectivity index (χ3n) is 1.79. The molecule has 19 heavy (non-hydrogen) atoms. The first-order chi connectivity index (χ1) is 8.84. The van der Waals surface area contributed by atoms with Crippen LogP contribution in [-0.2, 0) is 8.26 Å². The summed E-state index contributed by atoms with van der Waals surface area (Å²) in [5, 5.41) is 0. The van der Waals surface area contributed by atoms with Gasteiger partial charge >= 0.3 is 8.26 Å². The van der Waals surface area contributed by atoms with Crippen LogP contribution in [0.3, 0.4) is 0 Å². The molecule has 0 heterocycles. The number of hydrogen-bond acceptors (Lipinski definition) is 3. The fourth-order valence-electron chi connectivity index (χ4n) is 1.13. The van der Waals surface area contributed by atoms with E-state index in [9.17, 15) is 4.39 Å². The van der Waals surface area contributed by atoms with Crippen LogP contribution in [-0.4, -0.2) is 8.42 Å². The highest BCUT2D eigenvalue weighted by Gasteiger charge is 1.95. The van der Waals surface area contributed by atoms with Crippen LogP contribution in [0.4, 0.5) is 4.39 Å². The van der Waals surface area contributed by atoms with E-state index in [0.29, 0.717) is 5.75 Å². The van der Waals surface area contributed by atoms with Crippen molar-refractivity contribution in [2.24, 2.45) is 0 Å². The summed E-state index contributed by atoms with van der Waals surface area (Å²) in [6, 6.07) is 15.3. The molecule has 102 valence electrons. The summed E-state index contributed by atoms with van der Waals surface area (Å²) in [6.45, 7) is 0. The Bertz CT molecular complexity index is 593. The second kappa shape index (κ2) is 7.33. The van der Waals surface area contributed by atoms with E-state index in [2.05, 4.69) is 21.4 Å². The Kier molecular flexibility index (Phi) is 6.08. The molecule has 0 N–H and O–H groups in total. The highest BCUT2D eigenvalue weighted by Crippen LogP contribution is 2.20. The van der Waals surface area contributed by atoms with Crippen molar-refractivity contribution in [2.45, 2.75) is 0 Å². The lowest BCUT2D eigenvalue weighted by molar-refractivity contribution is 0.480. The predicted octanol–water partition coefficient (Wildman–Crippen LogP) is 4.33. The summed E-state index contributed by atoms with van der Waals surface area (Å²) in [4.78, 5) is 0. The van der Waals surface area contributed by atoms with E-state index in [0.717, 1.165) is 5.75 Å². The van der Waals surface area contributed by atoms with Gasteiger partial charge in [-0.2, -0.15) is 8.42 Å². The third-order valence-corrected chi connectivity index (χ3v) is 1.79. The summed E-state index contributed by atoms with van der Waals surface area (Å²) in [6.07, 6.45) is 0. The van der Waals surface area contributed by atoms with Gasteiger partial charge in [-0.25, -0.2) is 4.39 Å². The van der Waals surface area contributed by atoms with Crippen molar-refractivity contribution in [2.75, 3.05) is 0 Å². The Balaban J connectivity index is 0.000000312. The average molecular weight is 323 g/mol. The van der Waals surface area contributed by atoms with Gasteiger partial charge in [0.25, 0.3) is 0 Å². The van der Waals surface area contributed by atoms with Gasteiger partial charge in [-0.1, -0.05) is 18.2 Å². The fourth-order valence-corrected chi connectivity index (χ4v) is 1.13. The minimum absolute atomic E-state index is 0.259. The van der Waals surface area contributed by atoms with Crippen molar-refractivity contribution in [1.82, 2.24) is 0 Å². The first-order valence-electron chi connectivity index (χ1n) is 4.97. The van der Waals surface area contributed by atoms with Crippen molar-refractivity contribution in [3.05, 3.63) is 60.4 Å². The Morgan fingerprint density at radius 3 is 1.74 bits per heavy atom. The Labute approximate surface area is 119 Å². The molecule has 0 saturated carbocycles. The number of ether oxygens (including phenoxy) is 1. The molecule has 0 spiro atoms. The predicted molar refractivity (Wildman–Crippen MR) is 73.5 cm³/mol. The number of benzene rings is 2. The van der Waals surface area contributed by atoms with Crippen molar-refractivity contribution >= 4 is 29.6 Å². The molecule has 0 radical (unpaired) electrons. The summed E-state index contributed by atoms with van der Waals surface area (Å²) in [5.74, 6) is 1.13. The normalized spacial score (nSPS) is 10.3. The number of hydrogen-bond donors (Lipinski definition) is 0. The highest BCUT2D eigenvalue weighted by atomic mass is 36.0. The summed E-state index contributed by atoms with van der Waals surface area (Å²) in [7, 11) is 4.81. The molecule has 2 aromatic rings. The number of rotatable bonds is 2. The van der Waals surface area contributed by atoms with Crippen LogP contribution in [0.2, 0.25) is 0 Å². The molecule has 7 heteroatoms. The quantitative estimate of drug-likeness (QED) is 0.773. The van der Waals surface area contributed by atoms with Crippen LogP contribution in [0, 0.1) is 5.82 Å². The van der Waals surface area contributed by atoms with Gasteiger partial charge in [0.15, 0.2) is 0 Å². The molecule has 2 aromatic carbocycles. The topological polar surface area (TPSA) is 43.4 Å². The lowest BCUT2D eigenvalue weighted by Gasteiger charge is -2.04. The van der Waals surface area contributed by atoms with E-state index in [1.165, 1.54) is 12.1 Å². The molecule has 0 aromatic heterocycles. The molecular formula is C12H9Cl2FO3S. The molecule has 2 rings (SSSR count). The molecule has 0 fully saturated rings. The molecule has 0 saturated heterocycles. The molecular weight excluding hydrogens is 314 g/mol. The minimum atomic E-state index is -3.72. The molecule has 0 aliphatic rings. The van der Waals surface area contributed by atoms with Gasteiger partial charge in [0.05, 0.1) is 0 Å². The van der Waals surface area contributed by atoms with Crippen molar-refractivity contribution in [3.63, 3.8) is 0 Å². The molecule has 0 atom stereocenters. The summed E-state index contributed by atoms with van der Waals surface area (Å²) >= 11 is 0. The van der Waals surface area contributed by atoms with Crippen LogP contribution >= 0.6 is 21.4 Å². The van der Waals surface area contributed by atoms with E-state index in [-0.39, 0.29) is 5.82 Å². The standard InChI is InChI=1S/C12H9FO.Cl2O2S/c13-10-6-8-12(9-7-10)14-11-4-2-1-3-5-11;1-5(2,3)4/h1-9H;. The van der Waals surface area contributed by atoms with Gasteiger partial charge in [0.2, 0.25) is 0 Å². The molecule has 0 amide bonds. The molecule has 0 aliphatic heterocycles. The van der Waals surface area contributed by atoms with Gasteiger partial charge < -0.3 is 4.74 Å². The van der Waals surface area contributed by atoms with Crippen molar-refractivity contribution < 1.29 is 17.5 Å². The maximum atomic E-state index is 12.6. The molecule has 0 bridgehead atoms. The average Bonchev–Trinajstić information content (AvgIpc) is 2.31. The van der Waals surface area contributed by atoms with Crippen LogP contribution in [0.5, 0.6) is 11.5 Å². The minimum Gasteiger partial charge on any atom is -0.457 e. The second-order valence-electron chi connectivity index (χ2n) is 3.25. The zero-order valence-corrected chi connectivity index (χ0v) is 11.8. The lowest BCUT2D eigenvalue weighted by Crippen LogP contribution is -1.83. The largest absolute Gasteiger partial charge is 0.457 e. The van der Waals surface area contributed by atoms with Gasteiger partial charge in [0.1, 0.15) is 17.3 Å². The SMILES string of the molecule is Fc1ccc(Oc2ccccc2)cc1.O=S(=O)(Cl)Cl. The fraction of sp³-hybridized carbons (Fsp3) is 0.